The molecule has 18 heavy (non-hydrogen) atoms. The van der Waals surface area contributed by atoms with Crippen molar-refractivity contribution in [3.63, 3.8) is 0 Å². The molecule has 3 nitrogen and oxygen atoms in total. The van der Waals surface area contributed by atoms with E-state index in [0.29, 0.717) is 6.04 Å². The molecule has 0 aromatic carbocycles. The molecule has 1 saturated heterocycles. The van der Waals surface area contributed by atoms with E-state index in [1.807, 2.05) is 0 Å². The van der Waals surface area contributed by atoms with Gasteiger partial charge in [0, 0.05) is 30.6 Å². The van der Waals surface area contributed by atoms with Crippen molar-refractivity contribution >= 4 is 11.3 Å². The van der Waals surface area contributed by atoms with Crippen molar-refractivity contribution in [1.29, 1.82) is 0 Å². The van der Waals surface area contributed by atoms with Crippen LogP contribution < -0.4 is 0 Å². The summed E-state index contributed by atoms with van der Waals surface area (Å²) < 4.78 is 0. The van der Waals surface area contributed by atoms with Crippen LogP contribution in [0.5, 0.6) is 0 Å². The van der Waals surface area contributed by atoms with Crippen LogP contribution in [0.25, 0.3) is 0 Å². The van der Waals surface area contributed by atoms with E-state index in [9.17, 15) is 5.11 Å². The summed E-state index contributed by atoms with van der Waals surface area (Å²) in [5.74, 6) is 0. The Hall–Kier alpha value is -0.420. The molecule has 2 heterocycles. The van der Waals surface area contributed by atoms with E-state index < -0.39 is 0 Å². The maximum atomic E-state index is 9.74. The Balaban J connectivity index is 2.08. The Morgan fingerprint density at radius 3 is 2.78 bits per heavy atom. The van der Waals surface area contributed by atoms with Crippen molar-refractivity contribution in [3.8, 4) is 0 Å². The maximum absolute atomic E-state index is 9.74. The van der Waals surface area contributed by atoms with Gasteiger partial charge in [0.25, 0.3) is 0 Å². The second-order valence-electron chi connectivity index (χ2n) is 5.14. The molecule has 1 aromatic rings. The number of rotatable bonds is 4. The highest BCUT2D eigenvalue weighted by molar-refractivity contribution is 7.10. The summed E-state index contributed by atoms with van der Waals surface area (Å²) in [5.41, 5.74) is 1.31. The Kier molecular flexibility index (Phi) is 4.78. The molecule has 0 bridgehead atoms. The predicted molar refractivity (Wildman–Crippen MR) is 77.2 cm³/mol. The molecule has 0 saturated carbocycles. The number of thiophene rings is 1. The molecular weight excluding hydrogens is 244 g/mol. The number of aliphatic hydroxyl groups excluding tert-OH is 1. The molecule has 0 radical (unpaired) electrons. The highest BCUT2D eigenvalue weighted by Crippen LogP contribution is 2.30. The molecule has 2 rings (SSSR count). The third-order valence-corrected chi connectivity index (χ3v) is 5.14. The Morgan fingerprint density at radius 1 is 1.50 bits per heavy atom. The molecular formula is C14H24N2OS. The molecule has 1 fully saturated rings. The van der Waals surface area contributed by atoms with Crippen LogP contribution in [0.1, 0.15) is 30.3 Å². The van der Waals surface area contributed by atoms with E-state index in [2.05, 4.69) is 42.0 Å². The highest BCUT2D eigenvalue weighted by atomic mass is 32.1. The van der Waals surface area contributed by atoms with E-state index >= 15 is 0 Å². The lowest BCUT2D eigenvalue weighted by atomic mass is 10.1. The van der Waals surface area contributed by atoms with Crippen LogP contribution in [0.3, 0.4) is 0 Å². The molecule has 2 atom stereocenters. The predicted octanol–water partition coefficient (Wildman–Crippen LogP) is 2.12. The standard InChI is InChI=1S/C14H24N2OS/c1-4-15-6-7-16(9-12(15)3)13(10-17)14-11(2)5-8-18-14/h5,8,12-13,17H,4,6-7,9-10H2,1-3H3. The van der Waals surface area contributed by atoms with Gasteiger partial charge in [-0.3, -0.25) is 9.80 Å². The summed E-state index contributed by atoms with van der Waals surface area (Å²) >= 11 is 1.77. The van der Waals surface area contributed by atoms with Gasteiger partial charge in [0.1, 0.15) is 0 Å². The minimum absolute atomic E-state index is 0.187. The number of aryl methyl sites for hydroxylation is 1. The van der Waals surface area contributed by atoms with Crippen LogP contribution in [0.4, 0.5) is 0 Å². The molecule has 1 aliphatic heterocycles. The fourth-order valence-corrected chi connectivity index (χ4v) is 3.92. The Bertz CT molecular complexity index is 380. The lowest BCUT2D eigenvalue weighted by Gasteiger charge is -2.42. The summed E-state index contributed by atoms with van der Waals surface area (Å²) in [5, 5.41) is 11.9. The number of aliphatic hydroxyl groups is 1. The molecule has 102 valence electrons. The number of piperazine rings is 1. The monoisotopic (exact) mass is 268 g/mol. The zero-order valence-corrected chi connectivity index (χ0v) is 12.4. The van der Waals surface area contributed by atoms with Gasteiger partial charge in [-0.2, -0.15) is 0 Å². The van der Waals surface area contributed by atoms with E-state index in [4.69, 9.17) is 0 Å². The van der Waals surface area contributed by atoms with Gasteiger partial charge in [0.2, 0.25) is 0 Å². The average molecular weight is 268 g/mol. The minimum Gasteiger partial charge on any atom is -0.394 e. The SMILES string of the molecule is CCN1CCN(C(CO)c2sccc2C)CC1C. The molecule has 0 spiro atoms. The Morgan fingerprint density at radius 2 is 2.28 bits per heavy atom. The summed E-state index contributed by atoms with van der Waals surface area (Å²) in [6.07, 6.45) is 0. The molecule has 0 aliphatic carbocycles. The van der Waals surface area contributed by atoms with Crippen LogP contribution in [-0.4, -0.2) is 53.7 Å². The lowest BCUT2D eigenvalue weighted by molar-refractivity contribution is 0.0378. The maximum Gasteiger partial charge on any atom is 0.0678 e. The number of hydrogen-bond donors (Lipinski definition) is 1. The van der Waals surface area contributed by atoms with Crippen molar-refractivity contribution in [3.05, 3.63) is 21.9 Å². The number of hydrogen-bond acceptors (Lipinski definition) is 4. The summed E-state index contributed by atoms with van der Waals surface area (Å²) in [4.78, 5) is 6.27. The summed E-state index contributed by atoms with van der Waals surface area (Å²) in [6, 6.07) is 2.92. The van der Waals surface area contributed by atoms with Gasteiger partial charge in [-0.15, -0.1) is 11.3 Å². The van der Waals surface area contributed by atoms with Crippen LogP contribution in [0.2, 0.25) is 0 Å². The zero-order valence-electron chi connectivity index (χ0n) is 11.6. The van der Waals surface area contributed by atoms with Crippen LogP contribution in [0, 0.1) is 6.92 Å². The third kappa shape index (κ3) is 2.77. The first-order chi connectivity index (χ1) is 8.67. The fourth-order valence-electron chi connectivity index (χ4n) is 2.87. The second kappa shape index (κ2) is 6.15. The lowest BCUT2D eigenvalue weighted by Crippen LogP contribution is -2.52. The summed E-state index contributed by atoms with van der Waals surface area (Å²) in [6.45, 7) is 11.2. The van der Waals surface area contributed by atoms with E-state index in [0.717, 1.165) is 26.2 Å². The quantitative estimate of drug-likeness (QED) is 0.906. The first-order valence-corrected chi connectivity index (χ1v) is 7.68. The largest absolute Gasteiger partial charge is 0.394 e. The molecule has 1 N–H and O–H groups in total. The van der Waals surface area contributed by atoms with Crippen molar-refractivity contribution in [1.82, 2.24) is 9.80 Å². The van der Waals surface area contributed by atoms with Gasteiger partial charge in [-0.1, -0.05) is 6.92 Å². The van der Waals surface area contributed by atoms with Crippen LogP contribution >= 0.6 is 11.3 Å². The van der Waals surface area contributed by atoms with Gasteiger partial charge >= 0.3 is 0 Å². The van der Waals surface area contributed by atoms with Crippen LogP contribution in [0.15, 0.2) is 11.4 Å². The van der Waals surface area contributed by atoms with Crippen molar-refractivity contribution in [2.45, 2.75) is 32.9 Å². The smallest absolute Gasteiger partial charge is 0.0678 e. The first kappa shape index (κ1) is 14.0. The summed E-state index contributed by atoms with van der Waals surface area (Å²) in [7, 11) is 0. The number of nitrogens with zero attached hydrogens (tertiary/aromatic N) is 2. The Labute approximate surface area is 114 Å². The second-order valence-corrected chi connectivity index (χ2v) is 6.09. The van der Waals surface area contributed by atoms with Gasteiger partial charge in [-0.05, 0) is 37.4 Å². The normalized spacial score (nSPS) is 24.3. The zero-order chi connectivity index (χ0) is 13.1. The van der Waals surface area contributed by atoms with E-state index in [-0.39, 0.29) is 12.6 Å². The molecule has 1 aliphatic rings. The third-order valence-electron chi connectivity index (χ3n) is 4.02. The fraction of sp³-hybridized carbons (Fsp3) is 0.714. The van der Waals surface area contributed by atoms with Gasteiger partial charge < -0.3 is 5.11 Å². The topological polar surface area (TPSA) is 26.7 Å². The van der Waals surface area contributed by atoms with Gasteiger partial charge in [0.05, 0.1) is 12.6 Å². The van der Waals surface area contributed by atoms with Crippen molar-refractivity contribution < 1.29 is 5.11 Å². The minimum atomic E-state index is 0.187. The highest BCUT2D eigenvalue weighted by Gasteiger charge is 2.29. The molecule has 0 amide bonds. The van der Waals surface area contributed by atoms with Crippen molar-refractivity contribution in [2.24, 2.45) is 0 Å². The van der Waals surface area contributed by atoms with Crippen LogP contribution in [-0.2, 0) is 0 Å². The average Bonchev–Trinajstić information content (AvgIpc) is 2.77. The van der Waals surface area contributed by atoms with E-state index in [1.54, 1.807) is 11.3 Å². The van der Waals surface area contributed by atoms with Crippen molar-refractivity contribution in [2.75, 3.05) is 32.8 Å². The molecule has 1 aromatic heterocycles. The molecule has 2 unspecified atom stereocenters. The molecule has 4 heteroatoms. The van der Waals surface area contributed by atoms with E-state index in [1.165, 1.54) is 10.4 Å². The first-order valence-electron chi connectivity index (χ1n) is 6.80. The number of likely N-dealkylation sites (N-methyl/N-ethyl adjacent to an activating group) is 1. The van der Waals surface area contributed by atoms with Gasteiger partial charge in [-0.25, -0.2) is 0 Å². The van der Waals surface area contributed by atoms with Gasteiger partial charge in [0.15, 0.2) is 0 Å².